The van der Waals surface area contributed by atoms with Gasteiger partial charge in [0.15, 0.2) is 0 Å². The Balaban J connectivity index is 2.25. The summed E-state index contributed by atoms with van der Waals surface area (Å²) >= 11 is 0. The molecule has 5 nitrogen and oxygen atoms in total. The Morgan fingerprint density at radius 2 is 1.74 bits per heavy atom. The fraction of sp³-hybridized carbons (Fsp3) is 0.588. The van der Waals surface area contributed by atoms with Gasteiger partial charge in [-0.1, -0.05) is 24.6 Å². The van der Waals surface area contributed by atoms with Gasteiger partial charge >= 0.3 is 0 Å². The zero-order valence-corrected chi connectivity index (χ0v) is 15.1. The number of amides is 1. The van der Waals surface area contributed by atoms with Crippen molar-refractivity contribution in [1.82, 2.24) is 4.90 Å². The van der Waals surface area contributed by atoms with Crippen molar-refractivity contribution in [3.8, 4) is 0 Å². The van der Waals surface area contributed by atoms with E-state index in [0.717, 1.165) is 24.7 Å². The summed E-state index contributed by atoms with van der Waals surface area (Å²) in [6.45, 7) is 7.20. The van der Waals surface area contributed by atoms with Gasteiger partial charge in [0.05, 0.1) is 11.9 Å². The Labute approximate surface area is 139 Å². The molecule has 0 bridgehead atoms. The predicted molar refractivity (Wildman–Crippen MR) is 92.9 cm³/mol. The van der Waals surface area contributed by atoms with Crippen molar-refractivity contribution >= 4 is 21.6 Å². The summed E-state index contributed by atoms with van der Waals surface area (Å²) in [7, 11) is -3.54. The second-order valence-electron chi connectivity index (χ2n) is 6.58. The molecule has 128 valence electrons. The molecule has 0 aliphatic carbocycles. The summed E-state index contributed by atoms with van der Waals surface area (Å²) in [5, 5.41) is 0. The van der Waals surface area contributed by atoms with E-state index in [1.165, 1.54) is 4.31 Å². The monoisotopic (exact) mass is 338 g/mol. The third kappa shape index (κ3) is 4.25. The maximum absolute atomic E-state index is 12.8. The molecule has 1 aromatic carbocycles. The summed E-state index contributed by atoms with van der Waals surface area (Å²) in [6.07, 6.45) is 3.10. The topological polar surface area (TPSA) is 57.7 Å². The highest BCUT2D eigenvalue weighted by Crippen LogP contribution is 2.24. The number of sulfonamides is 1. The SMILES string of the molecule is Cc1ccc(N(C(C)C(=O)N2CCC(C)CC2)S(C)(=O)=O)cc1. The normalized spacial score (nSPS) is 17.8. The minimum atomic E-state index is -3.54. The van der Waals surface area contributed by atoms with Crippen LogP contribution in [0.4, 0.5) is 5.69 Å². The molecular formula is C17H26N2O3S. The fourth-order valence-corrected chi connectivity index (χ4v) is 4.16. The Morgan fingerprint density at radius 1 is 1.22 bits per heavy atom. The number of benzene rings is 1. The molecule has 23 heavy (non-hydrogen) atoms. The molecule has 1 heterocycles. The van der Waals surface area contributed by atoms with Gasteiger partial charge in [-0.05, 0) is 44.7 Å². The van der Waals surface area contributed by atoms with Gasteiger partial charge in [-0.3, -0.25) is 9.10 Å². The summed E-state index contributed by atoms with van der Waals surface area (Å²) in [5.41, 5.74) is 1.58. The maximum atomic E-state index is 12.8. The van der Waals surface area contributed by atoms with Gasteiger partial charge in [0, 0.05) is 13.1 Å². The number of aryl methyl sites for hydroxylation is 1. The van der Waals surface area contributed by atoms with E-state index in [1.54, 1.807) is 24.0 Å². The number of anilines is 1. The van der Waals surface area contributed by atoms with Crippen LogP contribution in [0.15, 0.2) is 24.3 Å². The molecule has 1 aliphatic rings. The van der Waals surface area contributed by atoms with Crippen molar-refractivity contribution in [2.24, 2.45) is 5.92 Å². The lowest BCUT2D eigenvalue weighted by Crippen LogP contribution is -2.51. The van der Waals surface area contributed by atoms with E-state index in [2.05, 4.69) is 6.92 Å². The van der Waals surface area contributed by atoms with Crippen molar-refractivity contribution in [2.45, 2.75) is 39.7 Å². The van der Waals surface area contributed by atoms with Crippen LogP contribution in [0.3, 0.4) is 0 Å². The van der Waals surface area contributed by atoms with Crippen molar-refractivity contribution in [3.63, 3.8) is 0 Å². The Hall–Kier alpha value is -1.56. The molecule has 0 radical (unpaired) electrons. The van der Waals surface area contributed by atoms with Crippen LogP contribution in [0.5, 0.6) is 0 Å². The fourth-order valence-electron chi connectivity index (χ4n) is 2.99. The van der Waals surface area contributed by atoms with E-state index in [1.807, 2.05) is 19.1 Å². The smallest absolute Gasteiger partial charge is 0.246 e. The van der Waals surface area contributed by atoms with Crippen molar-refractivity contribution in [2.75, 3.05) is 23.7 Å². The molecule has 1 atom stereocenters. The van der Waals surface area contributed by atoms with Gasteiger partial charge in [0.1, 0.15) is 6.04 Å². The van der Waals surface area contributed by atoms with E-state index in [9.17, 15) is 13.2 Å². The highest BCUT2D eigenvalue weighted by molar-refractivity contribution is 7.92. The van der Waals surface area contributed by atoms with Crippen molar-refractivity contribution in [1.29, 1.82) is 0 Å². The largest absolute Gasteiger partial charge is 0.341 e. The van der Waals surface area contributed by atoms with Crippen LogP contribution >= 0.6 is 0 Å². The van der Waals surface area contributed by atoms with Gasteiger partial charge in [-0.25, -0.2) is 8.42 Å². The molecular weight excluding hydrogens is 312 g/mol. The minimum absolute atomic E-state index is 0.122. The van der Waals surface area contributed by atoms with Crippen LogP contribution < -0.4 is 4.31 Å². The van der Waals surface area contributed by atoms with Gasteiger partial charge in [-0.2, -0.15) is 0 Å². The quantitative estimate of drug-likeness (QED) is 0.847. The minimum Gasteiger partial charge on any atom is -0.341 e. The Morgan fingerprint density at radius 3 is 2.22 bits per heavy atom. The number of carbonyl (C=O) groups excluding carboxylic acids is 1. The van der Waals surface area contributed by atoms with Crippen molar-refractivity contribution < 1.29 is 13.2 Å². The lowest BCUT2D eigenvalue weighted by Gasteiger charge is -2.36. The lowest BCUT2D eigenvalue weighted by molar-refractivity contribution is -0.133. The predicted octanol–water partition coefficient (Wildman–Crippen LogP) is 2.41. The second-order valence-corrected chi connectivity index (χ2v) is 8.44. The van der Waals surface area contributed by atoms with Gasteiger partial charge in [-0.15, -0.1) is 0 Å². The third-order valence-electron chi connectivity index (χ3n) is 4.45. The van der Waals surface area contributed by atoms with E-state index in [-0.39, 0.29) is 5.91 Å². The molecule has 1 unspecified atom stereocenters. The Kier molecular flexibility index (Phi) is 5.34. The number of hydrogen-bond donors (Lipinski definition) is 0. The summed E-state index contributed by atoms with van der Waals surface area (Å²) in [4.78, 5) is 14.5. The van der Waals surface area contributed by atoms with E-state index in [0.29, 0.717) is 24.7 Å². The molecule has 0 spiro atoms. The molecule has 1 aliphatic heterocycles. The standard InChI is InChI=1S/C17H26N2O3S/c1-13-5-7-16(8-6-13)19(23(4,21)22)15(3)17(20)18-11-9-14(2)10-12-18/h5-8,14-15H,9-12H2,1-4H3. The van der Waals surface area contributed by atoms with Crippen LogP contribution in [-0.4, -0.2) is 44.6 Å². The molecule has 1 saturated heterocycles. The van der Waals surface area contributed by atoms with Crippen LogP contribution in [0, 0.1) is 12.8 Å². The van der Waals surface area contributed by atoms with Gasteiger partial charge in [0.2, 0.25) is 15.9 Å². The van der Waals surface area contributed by atoms with Gasteiger partial charge in [0.25, 0.3) is 0 Å². The third-order valence-corrected chi connectivity index (χ3v) is 5.69. The first-order chi connectivity index (χ1) is 10.7. The molecule has 0 saturated carbocycles. The van der Waals surface area contributed by atoms with Crippen LogP contribution in [0.1, 0.15) is 32.3 Å². The molecule has 1 amide bonds. The number of likely N-dealkylation sites (tertiary alicyclic amines) is 1. The molecule has 0 aromatic heterocycles. The highest BCUT2D eigenvalue weighted by Gasteiger charge is 2.33. The molecule has 1 fully saturated rings. The van der Waals surface area contributed by atoms with Crippen LogP contribution in [0.2, 0.25) is 0 Å². The second kappa shape index (κ2) is 6.91. The number of carbonyl (C=O) groups is 1. The zero-order valence-electron chi connectivity index (χ0n) is 14.3. The first kappa shape index (κ1) is 17.8. The maximum Gasteiger partial charge on any atom is 0.246 e. The average molecular weight is 338 g/mol. The average Bonchev–Trinajstić information content (AvgIpc) is 2.48. The first-order valence-electron chi connectivity index (χ1n) is 8.05. The summed E-state index contributed by atoms with van der Waals surface area (Å²) < 4.78 is 25.7. The summed E-state index contributed by atoms with van der Waals surface area (Å²) in [5.74, 6) is 0.500. The lowest BCUT2D eigenvalue weighted by atomic mass is 9.99. The van der Waals surface area contributed by atoms with Crippen LogP contribution in [0.25, 0.3) is 0 Å². The molecule has 6 heteroatoms. The molecule has 1 aromatic rings. The zero-order chi connectivity index (χ0) is 17.2. The van der Waals surface area contributed by atoms with E-state index >= 15 is 0 Å². The van der Waals surface area contributed by atoms with Gasteiger partial charge < -0.3 is 4.90 Å². The van der Waals surface area contributed by atoms with E-state index < -0.39 is 16.1 Å². The number of nitrogens with zero attached hydrogens (tertiary/aromatic N) is 2. The number of piperidine rings is 1. The molecule has 0 N–H and O–H groups in total. The Bertz CT molecular complexity index is 647. The molecule has 2 rings (SSSR count). The van der Waals surface area contributed by atoms with Crippen molar-refractivity contribution in [3.05, 3.63) is 29.8 Å². The van der Waals surface area contributed by atoms with E-state index in [4.69, 9.17) is 0 Å². The number of hydrogen-bond acceptors (Lipinski definition) is 3. The first-order valence-corrected chi connectivity index (χ1v) is 9.90. The summed E-state index contributed by atoms with van der Waals surface area (Å²) in [6, 6.07) is 6.47. The van der Waals surface area contributed by atoms with Crippen LogP contribution in [-0.2, 0) is 14.8 Å². The highest BCUT2D eigenvalue weighted by atomic mass is 32.2. The number of rotatable bonds is 4.